The number of allylic oxidation sites excluding steroid dienone is 4. The Labute approximate surface area is 113 Å². The second kappa shape index (κ2) is 5.11. The Bertz CT molecular complexity index is 593. The van der Waals surface area contributed by atoms with Crippen LogP contribution >= 0.6 is 0 Å². The van der Waals surface area contributed by atoms with Gasteiger partial charge in [0.15, 0.2) is 0 Å². The Balaban J connectivity index is 1.82. The molecule has 19 heavy (non-hydrogen) atoms. The largest absolute Gasteiger partial charge is 0.363 e. The molecule has 3 rings (SSSR count). The maximum Gasteiger partial charge on any atom is 0.150 e. The highest BCUT2D eigenvalue weighted by Gasteiger charge is 2.21. The summed E-state index contributed by atoms with van der Waals surface area (Å²) in [5, 5.41) is 0. The Morgan fingerprint density at radius 1 is 1.21 bits per heavy atom. The summed E-state index contributed by atoms with van der Waals surface area (Å²) in [4.78, 5) is 13.1. The van der Waals surface area contributed by atoms with E-state index in [1.165, 1.54) is 11.1 Å². The molecule has 0 radical (unpaired) electrons. The third-order valence-corrected chi connectivity index (χ3v) is 3.41. The normalized spacial score (nSPS) is 20.6. The van der Waals surface area contributed by atoms with Gasteiger partial charge >= 0.3 is 0 Å². The fourth-order valence-corrected chi connectivity index (χ4v) is 2.46. The molecular weight excluding hydrogens is 234 g/mol. The van der Waals surface area contributed by atoms with Crippen molar-refractivity contribution in [2.75, 3.05) is 0 Å². The smallest absolute Gasteiger partial charge is 0.150 e. The fraction of sp³-hybridized carbons (Fsp3) is 0.118. The molecule has 0 saturated heterocycles. The van der Waals surface area contributed by atoms with Gasteiger partial charge in [0.05, 0.1) is 6.04 Å². The van der Waals surface area contributed by atoms with E-state index in [2.05, 4.69) is 47.5 Å². The average Bonchev–Trinajstić information content (AvgIpc) is 2.48. The molecule has 2 aliphatic rings. The number of benzene rings is 1. The minimum absolute atomic E-state index is 0.230. The number of carbonyl (C=O) groups excluding carboxylic acids is 1. The molecular formula is C17H15NO. The van der Waals surface area contributed by atoms with E-state index >= 15 is 0 Å². The van der Waals surface area contributed by atoms with Crippen LogP contribution in [0.1, 0.15) is 5.56 Å². The molecule has 0 fully saturated rings. The van der Waals surface area contributed by atoms with Crippen molar-refractivity contribution in [3.8, 4) is 0 Å². The first-order chi connectivity index (χ1) is 9.36. The summed E-state index contributed by atoms with van der Waals surface area (Å²) in [6.45, 7) is 0.869. The lowest BCUT2D eigenvalue weighted by Gasteiger charge is -2.33. The number of fused-ring (bicyclic) bond motifs is 1. The van der Waals surface area contributed by atoms with E-state index in [-0.39, 0.29) is 6.04 Å². The monoisotopic (exact) mass is 249 g/mol. The molecule has 1 heterocycles. The maximum absolute atomic E-state index is 10.8. The van der Waals surface area contributed by atoms with Gasteiger partial charge in [0, 0.05) is 18.3 Å². The number of aldehydes is 1. The molecule has 94 valence electrons. The molecule has 0 aromatic heterocycles. The Hall–Kier alpha value is -2.35. The van der Waals surface area contributed by atoms with Crippen molar-refractivity contribution < 1.29 is 4.79 Å². The summed E-state index contributed by atoms with van der Waals surface area (Å²) >= 11 is 0. The van der Waals surface area contributed by atoms with Crippen molar-refractivity contribution in [3.63, 3.8) is 0 Å². The Morgan fingerprint density at radius 2 is 2.05 bits per heavy atom. The predicted octanol–water partition coefficient (Wildman–Crippen LogP) is 3.01. The van der Waals surface area contributed by atoms with Gasteiger partial charge in [-0.2, -0.15) is 0 Å². The second-order valence-electron chi connectivity index (χ2n) is 4.73. The van der Waals surface area contributed by atoms with Gasteiger partial charge < -0.3 is 4.90 Å². The third kappa shape index (κ3) is 2.43. The Morgan fingerprint density at radius 3 is 2.84 bits per heavy atom. The van der Waals surface area contributed by atoms with Gasteiger partial charge in [-0.3, -0.25) is 4.79 Å². The molecule has 1 unspecified atom stereocenters. The molecule has 2 heteroatoms. The highest BCUT2D eigenvalue weighted by molar-refractivity contribution is 5.79. The van der Waals surface area contributed by atoms with Crippen LogP contribution in [0.25, 0.3) is 0 Å². The van der Waals surface area contributed by atoms with E-state index < -0.39 is 0 Å². The van der Waals surface area contributed by atoms with Gasteiger partial charge in [0.1, 0.15) is 6.29 Å². The molecule has 1 aliphatic heterocycles. The average molecular weight is 249 g/mol. The summed E-state index contributed by atoms with van der Waals surface area (Å²) in [5.41, 5.74) is 3.19. The van der Waals surface area contributed by atoms with E-state index in [9.17, 15) is 4.79 Å². The van der Waals surface area contributed by atoms with Crippen LogP contribution < -0.4 is 0 Å². The molecule has 1 atom stereocenters. The summed E-state index contributed by atoms with van der Waals surface area (Å²) < 4.78 is 0. The minimum atomic E-state index is 0.230. The second-order valence-corrected chi connectivity index (χ2v) is 4.73. The van der Waals surface area contributed by atoms with E-state index in [0.29, 0.717) is 0 Å². The van der Waals surface area contributed by atoms with E-state index in [1.807, 2.05) is 24.3 Å². The molecule has 0 saturated carbocycles. The van der Waals surface area contributed by atoms with Crippen LogP contribution in [-0.4, -0.2) is 17.2 Å². The van der Waals surface area contributed by atoms with Crippen molar-refractivity contribution in [1.82, 2.24) is 4.90 Å². The molecule has 0 bridgehead atoms. The molecule has 0 amide bonds. The van der Waals surface area contributed by atoms with Crippen molar-refractivity contribution in [3.05, 3.63) is 83.6 Å². The van der Waals surface area contributed by atoms with Crippen LogP contribution in [-0.2, 0) is 11.3 Å². The fourth-order valence-electron chi connectivity index (χ4n) is 2.46. The zero-order valence-electron chi connectivity index (χ0n) is 10.6. The molecule has 1 aromatic carbocycles. The zero-order chi connectivity index (χ0) is 13.1. The number of hydrogen-bond donors (Lipinski definition) is 0. The van der Waals surface area contributed by atoms with Crippen LogP contribution in [0.4, 0.5) is 0 Å². The summed E-state index contributed by atoms with van der Waals surface area (Å²) in [7, 11) is 0. The lowest BCUT2D eigenvalue weighted by Crippen LogP contribution is -2.32. The van der Waals surface area contributed by atoms with E-state index in [1.54, 1.807) is 0 Å². The minimum Gasteiger partial charge on any atom is -0.363 e. The number of rotatable bonds is 3. The third-order valence-electron chi connectivity index (χ3n) is 3.41. The zero-order valence-corrected chi connectivity index (χ0v) is 10.6. The summed E-state index contributed by atoms with van der Waals surface area (Å²) in [6.07, 6.45) is 13.0. The molecule has 2 nitrogen and oxygen atoms in total. The van der Waals surface area contributed by atoms with Gasteiger partial charge in [0.25, 0.3) is 0 Å². The van der Waals surface area contributed by atoms with Crippen molar-refractivity contribution in [2.24, 2.45) is 0 Å². The van der Waals surface area contributed by atoms with Gasteiger partial charge in [-0.25, -0.2) is 0 Å². The first-order valence-corrected chi connectivity index (χ1v) is 6.40. The molecule has 1 aromatic rings. The lowest BCUT2D eigenvalue weighted by molar-refractivity contribution is -0.104. The number of carbonyl (C=O) groups is 1. The van der Waals surface area contributed by atoms with Crippen molar-refractivity contribution in [2.45, 2.75) is 12.6 Å². The number of nitrogens with zero attached hydrogens (tertiary/aromatic N) is 1. The van der Waals surface area contributed by atoms with E-state index in [4.69, 9.17) is 0 Å². The highest BCUT2D eigenvalue weighted by Crippen LogP contribution is 2.25. The predicted molar refractivity (Wildman–Crippen MR) is 76.3 cm³/mol. The number of hydrogen-bond acceptors (Lipinski definition) is 2. The first kappa shape index (κ1) is 11.7. The van der Waals surface area contributed by atoms with Crippen LogP contribution in [0.15, 0.2) is 78.1 Å². The first-order valence-electron chi connectivity index (χ1n) is 6.40. The topological polar surface area (TPSA) is 20.3 Å². The van der Waals surface area contributed by atoms with Crippen molar-refractivity contribution in [1.29, 1.82) is 0 Å². The van der Waals surface area contributed by atoms with E-state index in [0.717, 1.165) is 18.4 Å². The molecule has 0 spiro atoms. The summed E-state index contributed by atoms with van der Waals surface area (Å²) in [6, 6.07) is 10.6. The van der Waals surface area contributed by atoms with Crippen molar-refractivity contribution >= 4 is 6.29 Å². The standard InChI is InChI=1S/C17H15NO/c19-13-15-8-9-17-16(11-15)7-4-10-18(17)12-14-5-2-1-3-6-14/h1-11,13,17H,12H2. The highest BCUT2D eigenvalue weighted by atomic mass is 16.1. The van der Waals surface area contributed by atoms with Crippen LogP contribution in [0.2, 0.25) is 0 Å². The van der Waals surface area contributed by atoms with Gasteiger partial charge in [0.2, 0.25) is 0 Å². The summed E-state index contributed by atoms with van der Waals surface area (Å²) in [5.74, 6) is 0. The molecule has 1 aliphatic carbocycles. The van der Waals surface area contributed by atoms with Crippen LogP contribution in [0.3, 0.4) is 0 Å². The quantitative estimate of drug-likeness (QED) is 0.767. The van der Waals surface area contributed by atoms with Gasteiger partial charge in [-0.1, -0.05) is 48.6 Å². The lowest BCUT2D eigenvalue weighted by atomic mass is 9.94. The van der Waals surface area contributed by atoms with Gasteiger partial charge in [-0.05, 0) is 23.3 Å². The van der Waals surface area contributed by atoms with Gasteiger partial charge in [-0.15, -0.1) is 0 Å². The molecule has 0 N–H and O–H groups in total. The maximum atomic E-state index is 10.8. The Kier molecular flexibility index (Phi) is 3.15. The van der Waals surface area contributed by atoms with Crippen LogP contribution in [0.5, 0.6) is 0 Å². The SMILES string of the molecule is O=CC1=CC2=CC=CN(Cc3ccccc3)C2C=C1. The van der Waals surface area contributed by atoms with Crippen LogP contribution in [0, 0.1) is 0 Å².